The largest absolute Gasteiger partial charge is 0.481 e. The van der Waals surface area contributed by atoms with Gasteiger partial charge in [-0.2, -0.15) is 0 Å². The summed E-state index contributed by atoms with van der Waals surface area (Å²) < 4.78 is 5.08. The Bertz CT molecular complexity index is 359. The third-order valence-electron chi connectivity index (χ3n) is 2.91. The van der Waals surface area contributed by atoms with Gasteiger partial charge in [0.25, 0.3) is 0 Å². The molecule has 18 heavy (non-hydrogen) atoms. The number of carboxylic acid groups (broad SMARTS) is 1. The molecule has 1 heterocycles. The molecule has 0 aromatic heterocycles. The molecule has 0 aromatic rings. The van der Waals surface area contributed by atoms with Crippen molar-refractivity contribution in [1.82, 2.24) is 10.6 Å². The molecule has 1 saturated heterocycles. The Kier molecular flexibility index (Phi) is 4.62. The van der Waals surface area contributed by atoms with E-state index in [2.05, 4.69) is 10.6 Å². The van der Waals surface area contributed by atoms with E-state index in [4.69, 9.17) is 15.6 Å². The summed E-state index contributed by atoms with van der Waals surface area (Å²) in [6, 6.07) is -0.614. The summed E-state index contributed by atoms with van der Waals surface area (Å²) in [5, 5.41) is 13.9. The van der Waals surface area contributed by atoms with Crippen LogP contribution in [0.1, 0.15) is 6.92 Å². The van der Waals surface area contributed by atoms with Gasteiger partial charge in [0.05, 0.1) is 32.3 Å². The van der Waals surface area contributed by atoms with Crippen molar-refractivity contribution >= 4 is 17.8 Å². The van der Waals surface area contributed by atoms with Gasteiger partial charge in [0, 0.05) is 0 Å². The highest BCUT2D eigenvalue weighted by molar-refractivity contribution is 5.86. The van der Waals surface area contributed by atoms with Crippen molar-refractivity contribution in [2.24, 2.45) is 11.1 Å². The molecule has 1 aliphatic rings. The summed E-state index contributed by atoms with van der Waals surface area (Å²) in [6.45, 7) is 1.25. The quantitative estimate of drug-likeness (QED) is 0.438. The Morgan fingerprint density at radius 1 is 1.44 bits per heavy atom. The monoisotopic (exact) mass is 259 g/mol. The van der Waals surface area contributed by atoms with Crippen LogP contribution in [0.4, 0.5) is 0 Å². The average molecular weight is 259 g/mol. The maximum Gasteiger partial charge on any atom is 0.313 e. The van der Waals surface area contributed by atoms with Gasteiger partial charge >= 0.3 is 5.97 Å². The Hall–Kier alpha value is -1.67. The van der Waals surface area contributed by atoms with Crippen molar-refractivity contribution in [3.63, 3.8) is 0 Å². The normalized spacial score (nSPS) is 26.7. The van der Waals surface area contributed by atoms with Crippen molar-refractivity contribution in [2.45, 2.75) is 13.0 Å². The van der Waals surface area contributed by atoms with Crippen LogP contribution in [0, 0.1) is 5.41 Å². The van der Waals surface area contributed by atoms with Crippen LogP contribution >= 0.6 is 0 Å². The first-order valence-corrected chi connectivity index (χ1v) is 5.47. The van der Waals surface area contributed by atoms with Gasteiger partial charge < -0.3 is 26.2 Å². The molecule has 0 spiro atoms. The number of ether oxygens (including phenoxy) is 1. The molecule has 8 nitrogen and oxygen atoms in total. The second kappa shape index (κ2) is 5.78. The molecule has 0 saturated carbocycles. The molecule has 2 amide bonds. The first-order valence-electron chi connectivity index (χ1n) is 5.47. The highest BCUT2D eigenvalue weighted by Crippen LogP contribution is 2.28. The number of carboxylic acids is 1. The summed E-state index contributed by atoms with van der Waals surface area (Å²) >= 11 is 0. The Morgan fingerprint density at radius 2 is 2.11 bits per heavy atom. The smallest absolute Gasteiger partial charge is 0.313 e. The van der Waals surface area contributed by atoms with E-state index >= 15 is 0 Å². The summed E-state index contributed by atoms with van der Waals surface area (Å²) in [6.07, 6.45) is 0. The minimum atomic E-state index is -1.15. The molecule has 0 bridgehead atoms. The van der Waals surface area contributed by atoms with Crippen LogP contribution in [-0.2, 0) is 19.1 Å². The number of nitrogens with one attached hydrogen (secondary N) is 2. The summed E-state index contributed by atoms with van der Waals surface area (Å²) in [5.74, 6) is -1.95. The first kappa shape index (κ1) is 14.4. The van der Waals surface area contributed by atoms with E-state index in [1.54, 1.807) is 0 Å². The lowest BCUT2D eigenvalue weighted by atomic mass is 9.85. The molecule has 5 N–H and O–H groups in total. The molecule has 2 atom stereocenters. The summed E-state index contributed by atoms with van der Waals surface area (Å²) in [5.41, 5.74) is 3.92. The van der Waals surface area contributed by atoms with Crippen LogP contribution in [0.25, 0.3) is 0 Å². The fourth-order valence-corrected chi connectivity index (χ4v) is 1.58. The molecule has 1 aliphatic heterocycles. The molecule has 1 rings (SSSR count). The lowest BCUT2D eigenvalue weighted by Crippen LogP contribution is -2.52. The lowest BCUT2D eigenvalue weighted by Gasteiger charge is -2.25. The predicted molar refractivity (Wildman–Crippen MR) is 60.6 cm³/mol. The highest BCUT2D eigenvalue weighted by atomic mass is 16.5. The fraction of sp³-hybridized carbons (Fsp3) is 0.700. The van der Waals surface area contributed by atoms with Crippen LogP contribution in [0.2, 0.25) is 0 Å². The number of aliphatic carboxylic acids is 1. The fourth-order valence-electron chi connectivity index (χ4n) is 1.58. The van der Waals surface area contributed by atoms with Gasteiger partial charge in [-0.05, 0) is 6.92 Å². The van der Waals surface area contributed by atoms with Gasteiger partial charge in [-0.1, -0.05) is 0 Å². The van der Waals surface area contributed by atoms with E-state index in [9.17, 15) is 14.4 Å². The topological polar surface area (TPSA) is 131 Å². The van der Waals surface area contributed by atoms with E-state index in [0.29, 0.717) is 0 Å². The third-order valence-corrected chi connectivity index (χ3v) is 2.91. The summed E-state index contributed by atoms with van der Waals surface area (Å²) in [7, 11) is 0. The lowest BCUT2D eigenvalue weighted by molar-refractivity contribution is -0.149. The Labute approximate surface area is 104 Å². The average Bonchev–Trinajstić information content (AvgIpc) is 2.69. The van der Waals surface area contributed by atoms with Crippen LogP contribution in [0.5, 0.6) is 0 Å². The zero-order valence-electron chi connectivity index (χ0n) is 10.1. The van der Waals surface area contributed by atoms with E-state index in [0.717, 1.165) is 0 Å². The van der Waals surface area contributed by atoms with Gasteiger partial charge in [-0.15, -0.1) is 0 Å². The van der Waals surface area contributed by atoms with E-state index in [1.165, 1.54) is 6.92 Å². The van der Waals surface area contributed by atoms with Gasteiger partial charge in [0.15, 0.2) is 0 Å². The van der Waals surface area contributed by atoms with Crippen molar-refractivity contribution in [1.29, 1.82) is 0 Å². The first-order chi connectivity index (χ1) is 8.40. The third kappa shape index (κ3) is 3.17. The number of carbonyl (C=O) groups excluding carboxylic acids is 2. The van der Waals surface area contributed by atoms with Crippen LogP contribution in [-0.4, -0.2) is 55.2 Å². The van der Waals surface area contributed by atoms with Gasteiger partial charge in [-0.3, -0.25) is 14.4 Å². The number of rotatable bonds is 5. The minimum absolute atomic E-state index is 0.0441. The van der Waals surface area contributed by atoms with Crippen molar-refractivity contribution in [3.05, 3.63) is 0 Å². The standard InChI is InChI=1S/C10H17N3O5/c1-10(9(16)17)5-18-4-6(10)13-8(15)3-12-7(14)2-11/h6H,2-5,11H2,1H3,(H,12,14)(H,13,15)(H,16,17). The van der Waals surface area contributed by atoms with Crippen molar-refractivity contribution in [2.75, 3.05) is 26.3 Å². The highest BCUT2D eigenvalue weighted by Gasteiger charge is 2.47. The molecular weight excluding hydrogens is 242 g/mol. The van der Waals surface area contributed by atoms with Crippen LogP contribution < -0.4 is 16.4 Å². The minimum Gasteiger partial charge on any atom is -0.481 e. The van der Waals surface area contributed by atoms with Gasteiger partial charge in [-0.25, -0.2) is 0 Å². The van der Waals surface area contributed by atoms with Crippen LogP contribution in [0.15, 0.2) is 0 Å². The number of amides is 2. The molecule has 8 heteroatoms. The number of carbonyl (C=O) groups is 3. The van der Waals surface area contributed by atoms with Crippen molar-refractivity contribution in [3.8, 4) is 0 Å². The molecule has 0 aliphatic carbocycles. The molecule has 1 fully saturated rings. The van der Waals surface area contributed by atoms with E-state index in [1.807, 2.05) is 0 Å². The predicted octanol–water partition coefficient (Wildman–Crippen LogP) is -2.33. The van der Waals surface area contributed by atoms with Gasteiger partial charge in [0.2, 0.25) is 11.8 Å². The van der Waals surface area contributed by atoms with Crippen molar-refractivity contribution < 1.29 is 24.2 Å². The Morgan fingerprint density at radius 3 is 2.67 bits per heavy atom. The van der Waals surface area contributed by atoms with Gasteiger partial charge in [0.1, 0.15) is 5.41 Å². The maximum atomic E-state index is 11.5. The SMILES string of the molecule is CC1(C(=O)O)COCC1NC(=O)CNC(=O)CN. The van der Waals surface area contributed by atoms with E-state index < -0.39 is 29.2 Å². The summed E-state index contributed by atoms with van der Waals surface area (Å²) in [4.78, 5) is 33.5. The van der Waals surface area contributed by atoms with Crippen LogP contribution in [0.3, 0.4) is 0 Å². The number of hydrogen-bond acceptors (Lipinski definition) is 5. The molecule has 102 valence electrons. The van der Waals surface area contributed by atoms with E-state index in [-0.39, 0.29) is 26.3 Å². The second-order valence-electron chi connectivity index (χ2n) is 4.34. The molecule has 0 aromatic carbocycles. The maximum absolute atomic E-state index is 11.5. The molecule has 0 radical (unpaired) electrons. The number of hydrogen-bond donors (Lipinski definition) is 4. The number of nitrogens with two attached hydrogens (primary N) is 1. The molecular formula is C10H17N3O5. The zero-order chi connectivity index (χ0) is 13.8. The Balaban J connectivity index is 2.49. The molecule has 2 unspecified atom stereocenters. The second-order valence-corrected chi connectivity index (χ2v) is 4.34. The zero-order valence-corrected chi connectivity index (χ0v) is 10.1.